The van der Waals surface area contributed by atoms with E-state index in [9.17, 15) is 0 Å². The fourth-order valence-corrected chi connectivity index (χ4v) is 2.26. The number of nitrogens with one attached hydrogen (secondary N) is 1. The van der Waals surface area contributed by atoms with Crippen molar-refractivity contribution in [3.63, 3.8) is 0 Å². The minimum Gasteiger partial charge on any atom is -0.311 e. The Labute approximate surface area is 89.1 Å². The largest absolute Gasteiger partial charge is 0.311 e. The van der Waals surface area contributed by atoms with E-state index in [0.29, 0.717) is 6.04 Å². The molecule has 0 aromatic rings. The first-order valence-corrected chi connectivity index (χ1v) is 6.11. The third-order valence-corrected chi connectivity index (χ3v) is 3.02. The Hall–Kier alpha value is -0.0800. The van der Waals surface area contributed by atoms with Gasteiger partial charge in [-0.3, -0.25) is 4.90 Å². The molecule has 2 nitrogen and oxygen atoms in total. The first-order chi connectivity index (χ1) is 6.63. The predicted octanol–water partition coefficient (Wildman–Crippen LogP) is 2.10. The van der Waals surface area contributed by atoms with Gasteiger partial charge in [0.05, 0.1) is 0 Å². The van der Waals surface area contributed by atoms with Gasteiger partial charge >= 0.3 is 0 Å². The Morgan fingerprint density at radius 2 is 2.14 bits per heavy atom. The van der Waals surface area contributed by atoms with Crippen LogP contribution in [0.25, 0.3) is 0 Å². The van der Waals surface area contributed by atoms with E-state index >= 15 is 0 Å². The number of rotatable bonds is 4. The maximum atomic E-state index is 3.63. The monoisotopic (exact) mass is 198 g/mol. The summed E-state index contributed by atoms with van der Waals surface area (Å²) in [4.78, 5) is 2.64. The summed E-state index contributed by atoms with van der Waals surface area (Å²) in [7, 11) is 0. The first kappa shape index (κ1) is 12.0. The first-order valence-electron chi connectivity index (χ1n) is 6.11. The van der Waals surface area contributed by atoms with Crippen LogP contribution in [0.2, 0.25) is 0 Å². The fraction of sp³-hybridized carbons (Fsp3) is 1.00. The molecule has 1 N–H and O–H groups in total. The van der Waals surface area contributed by atoms with Crippen molar-refractivity contribution in [3.05, 3.63) is 0 Å². The normalized spacial score (nSPS) is 29.8. The highest BCUT2D eigenvalue weighted by atomic mass is 15.2. The lowest BCUT2D eigenvalue weighted by Gasteiger charge is -2.39. The molecule has 2 atom stereocenters. The average Bonchev–Trinajstić information content (AvgIpc) is 2.10. The van der Waals surface area contributed by atoms with Crippen LogP contribution in [0.3, 0.4) is 0 Å². The quantitative estimate of drug-likeness (QED) is 0.744. The molecule has 84 valence electrons. The van der Waals surface area contributed by atoms with Crippen LogP contribution in [0.5, 0.6) is 0 Å². The molecule has 0 aromatic heterocycles. The van der Waals surface area contributed by atoms with Gasteiger partial charge in [0.15, 0.2) is 0 Å². The highest BCUT2D eigenvalue weighted by molar-refractivity contribution is 4.83. The fourth-order valence-electron chi connectivity index (χ4n) is 2.26. The third kappa shape index (κ3) is 3.58. The van der Waals surface area contributed by atoms with Crippen LogP contribution < -0.4 is 5.32 Å². The van der Waals surface area contributed by atoms with Crippen molar-refractivity contribution in [3.8, 4) is 0 Å². The molecule has 1 fully saturated rings. The molecule has 1 aliphatic heterocycles. The number of nitrogens with zero attached hydrogens (tertiary/aromatic N) is 1. The minimum absolute atomic E-state index is 0.713. The van der Waals surface area contributed by atoms with Crippen molar-refractivity contribution in [2.24, 2.45) is 5.92 Å². The van der Waals surface area contributed by atoms with Gasteiger partial charge in [0.1, 0.15) is 0 Å². The van der Waals surface area contributed by atoms with E-state index in [-0.39, 0.29) is 0 Å². The van der Waals surface area contributed by atoms with Crippen molar-refractivity contribution in [1.29, 1.82) is 0 Å². The predicted molar refractivity (Wildman–Crippen MR) is 62.6 cm³/mol. The Morgan fingerprint density at radius 1 is 1.43 bits per heavy atom. The Kier molecular flexibility index (Phi) is 4.90. The summed E-state index contributed by atoms with van der Waals surface area (Å²) in [5.74, 6) is 0.790. The number of piperazine rings is 1. The van der Waals surface area contributed by atoms with Crippen molar-refractivity contribution >= 4 is 0 Å². The van der Waals surface area contributed by atoms with Gasteiger partial charge < -0.3 is 5.32 Å². The topological polar surface area (TPSA) is 15.3 Å². The lowest BCUT2D eigenvalue weighted by atomic mass is 10.0. The van der Waals surface area contributed by atoms with E-state index in [2.05, 4.69) is 37.9 Å². The van der Waals surface area contributed by atoms with Crippen LogP contribution in [0.15, 0.2) is 0 Å². The molecular formula is C12H26N2. The molecule has 0 radical (unpaired) electrons. The minimum atomic E-state index is 0.713. The lowest BCUT2D eigenvalue weighted by molar-refractivity contribution is 0.122. The maximum Gasteiger partial charge on any atom is 0.0195 e. The summed E-state index contributed by atoms with van der Waals surface area (Å²) in [6.45, 7) is 12.9. The highest BCUT2D eigenvalue weighted by Gasteiger charge is 2.24. The Bertz CT molecular complexity index is 156. The summed E-state index contributed by atoms with van der Waals surface area (Å²) in [5, 5.41) is 3.63. The number of hydrogen-bond acceptors (Lipinski definition) is 2. The smallest absolute Gasteiger partial charge is 0.0195 e. The van der Waals surface area contributed by atoms with Gasteiger partial charge in [0.2, 0.25) is 0 Å². The average molecular weight is 198 g/mol. The van der Waals surface area contributed by atoms with Crippen LogP contribution in [-0.4, -0.2) is 36.6 Å². The van der Waals surface area contributed by atoms with Crippen molar-refractivity contribution in [2.45, 2.75) is 52.6 Å². The molecule has 0 aromatic carbocycles. The van der Waals surface area contributed by atoms with Gasteiger partial charge in [-0.15, -0.1) is 0 Å². The lowest BCUT2D eigenvalue weighted by Crippen LogP contribution is -2.56. The zero-order valence-corrected chi connectivity index (χ0v) is 10.2. The Balaban J connectivity index is 2.38. The molecule has 1 heterocycles. The molecule has 0 bridgehead atoms. The van der Waals surface area contributed by atoms with Crippen LogP contribution in [0.1, 0.15) is 40.5 Å². The van der Waals surface area contributed by atoms with E-state index in [1.54, 1.807) is 0 Å². The summed E-state index contributed by atoms with van der Waals surface area (Å²) in [6, 6.07) is 1.44. The van der Waals surface area contributed by atoms with E-state index in [4.69, 9.17) is 0 Å². The SMILES string of the molecule is CCCC1CN(CC(C)C)C(C)CN1. The van der Waals surface area contributed by atoms with Gasteiger partial charge in [-0.05, 0) is 19.3 Å². The van der Waals surface area contributed by atoms with Gasteiger partial charge in [0, 0.05) is 31.7 Å². The second-order valence-corrected chi connectivity index (χ2v) is 5.09. The van der Waals surface area contributed by atoms with Gasteiger partial charge in [-0.2, -0.15) is 0 Å². The summed E-state index contributed by atoms with van der Waals surface area (Å²) in [6.07, 6.45) is 2.61. The van der Waals surface area contributed by atoms with Crippen molar-refractivity contribution in [1.82, 2.24) is 10.2 Å². The molecule has 1 rings (SSSR count). The second kappa shape index (κ2) is 5.72. The molecular weight excluding hydrogens is 172 g/mol. The van der Waals surface area contributed by atoms with Crippen LogP contribution in [0, 0.1) is 5.92 Å². The van der Waals surface area contributed by atoms with Gasteiger partial charge in [-0.25, -0.2) is 0 Å². The standard InChI is InChI=1S/C12H26N2/c1-5-6-12-9-14(8-10(2)3)11(4)7-13-12/h10-13H,5-9H2,1-4H3. The molecule has 0 amide bonds. The van der Waals surface area contributed by atoms with Gasteiger partial charge in [0.25, 0.3) is 0 Å². The van der Waals surface area contributed by atoms with E-state index in [0.717, 1.165) is 18.5 Å². The zero-order chi connectivity index (χ0) is 10.6. The second-order valence-electron chi connectivity index (χ2n) is 5.09. The van der Waals surface area contributed by atoms with Crippen molar-refractivity contribution in [2.75, 3.05) is 19.6 Å². The van der Waals surface area contributed by atoms with Crippen LogP contribution in [0.4, 0.5) is 0 Å². The highest BCUT2D eigenvalue weighted by Crippen LogP contribution is 2.12. The zero-order valence-electron chi connectivity index (χ0n) is 10.2. The summed E-state index contributed by atoms with van der Waals surface area (Å²) >= 11 is 0. The molecule has 1 aliphatic rings. The molecule has 0 saturated carbocycles. The maximum absolute atomic E-state index is 3.63. The summed E-state index contributed by atoms with van der Waals surface area (Å²) in [5.41, 5.74) is 0. The van der Waals surface area contributed by atoms with E-state index in [1.807, 2.05) is 0 Å². The molecule has 2 heteroatoms. The van der Waals surface area contributed by atoms with Crippen LogP contribution >= 0.6 is 0 Å². The van der Waals surface area contributed by atoms with Gasteiger partial charge in [-0.1, -0.05) is 27.2 Å². The molecule has 2 unspecified atom stereocenters. The van der Waals surface area contributed by atoms with E-state index in [1.165, 1.54) is 25.9 Å². The summed E-state index contributed by atoms with van der Waals surface area (Å²) < 4.78 is 0. The molecule has 14 heavy (non-hydrogen) atoms. The molecule has 0 aliphatic carbocycles. The van der Waals surface area contributed by atoms with Crippen molar-refractivity contribution < 1.29 is 0 Å². The molecule has 0 spiro atoms. The molecule has 1 saturated heterocycles. The Morgan fingerprint density at radius 3 is 2.71 bits per heavy atom. The van der Waals surface area contributed by atoms with Crippen LogP contribution in [-0.2, 0) is 0 Å². The third-order valence-electron chi connectivity index (χ3n) is 3.02. The number of hydrogen-bond donors (Lipinski definition) is 1. The van der Waals surface area contributed by atoms with E-state index < -0.39 is 0 Å².